The summed E-state index contributed by atoms with van der Waals surface area (Å²) in [5.41, 5.74) is 0. The molecular formula is C11H16O4. The van der Waals surface area contributed by atoms with Gasteiger partial charge in [-0.25, -0.2) is 4.79 Å². The van der Waals surface area contributed by atoms with Crippen LogP contribution in [0.2, 0.25) is 0 Å². The molecule has 0 aliphatic carbocycles. The van der Waals surface area contributed by atoms with Crippen LogP contribution in [0.1, 0.15) is 6.42 Å². The van der Waals surface area contributed by atoms with Gasteiger partial charge in [-0.05, 0) is 6.42 Å². The van der Waals surface area contributed by atoms with Gasteiger partial charge in [0.15, 0.2) is 0 Å². The summed E-state index contributed by atoms with van der Waals surface area (Å²) in [7, 11) is 1.29. The standard InChI is InChI=1S/C11H16O4/c1-15-11(14)8-3-2-6-10(13)7-4-5-9-12/h2-4,6-8,10,12-13H,5,9H2,1H3/b6-2+,7-4-,8-3+. The molecule has 0 spiro atoms. The highest BCUT2D eigenvalue weighted by molar-refractivity contribution is 5.82. The molecule has 0 bridgehead atoms. The molecular weight excluding hydrogens is 196 g/mol. The van der Waals surface area contributed by atoms with Crippen molar-refractivity contribution in [3.63, 3.8) is 0 Å². The normalized spacial score (nSPS) is 14.1. The molecule has 1 unspecified atom stereocenters. The van der Waals surface area contributed by atoms with Gasteiger partial charge < -0.3 is 14.9 Å². The SMILES string of the molecule is COC(=O)/C=C/C=C/C(O)/C=C\CCO. The van der Waals surface area contributed by atoms with Crippen molar-refractivity contribution in [1.29, 1.82) is 0 Å². The lowest BCUT2D eigenvalue weighted by atomic mass is 10.2. The zero-order chi connectivity index (χ0) is 11.5. The van der Waals surface area contributed by atoms with Crippen LogP contribution in [0.3, 0.4) is 0 Å². The molecule has 4 heteroatoms. The lowest BCUT2D eigenvalue weighted by Gasteiger charge is -1.95. The summed E-state index contributed by atoms with van der Waals surface area (Å²) in [6, 6.07) is 0. The lowest BCUT2D eigenvalue weighted by molar-refractivity contribution is -0.134. The van der Waals surface area contributed by atoms with Gasteiger partial charge in [-0.1, -0.05) is 30.4 Å². The quantitative estimate of drug-likeness (QED) is 0.292. The van der Waals surface area contributed by atoms with Crippen LogP contribution in [0.5, 0.6) is 0 Å². The predicted molar refractivity (Wildman–Crippen MR) is 57.1 cm³/mol. The molecule has 1 atom stereocenters. The van der Waals surface area contributed by atoms with E-state index in [-0.39, 0.29) is 6.61 Å². The van der Waals surface area contributed by atoms with Crippen molar-refractivity contribution in [2.75, 3.05) is 13.7 Å². The van der Waals surface area contributed by atoms with E-state index >= 15 is 0 Å². The van der Waals surface area contributed by atoms with Crippen LogP contribution in [0.25, 0.3) is 0 Å². The van der Waals surface area contributed by atoms with Crippen molar-refractivity contribution < 1.29 is 19.7 Å². The largest absolute Gasteiger partial charge is 0.466 e. The second kappa shape index (κ2) is 9.18. The molecule has 4 nitrogen and oxygen atoms in total. The zero-order valence-corrected chi connectivity index (χ0v) is 8.67. The minimum absolute atomic E-state index is 0.0647. The first-order valence-corrected chi connectivity index (χ1v) is 4.59. The Morgan fingerprint density at radius 3 is 2.73 bits per heavy atom. The number of hydrogen-bond donors (Lipinski definition) is 2. The van der Waals surface area contributed by atoms with Crippen LogP contribution in [-0.4, -0.2) is 36.0 Å². The number of esters is 1. The summed E-state index contributed by atoms with van der Waals surface area (Å²) in [6.07, 6.45) is 8.83. The van der Waals surface area contributed by atoms with Gasteiger partial charge in [0.25, 0.3) is 0 Å². The number of hydrogen-bond acceptors (Lipinski definition) is 4. The van der Waals surface area contributed by atoms with Crippen molar-refractivity contribution in [3.05, 3.63) is 36.5 Å². The first-order chi connectivity index (χ1) is 7.20. The first kappa shape index (κ1) is 13.6. The van der Waals surface area contributed by atoms with E-state index in [9.17, 15) is 9.90 Å². The van der Waals surface area contributed by atoms with Gasteiger partial charge in [0, 0.05) is 12.7 Å². The molecule has 0 heterocycles. The van der Waals surface area contributed by atoms with E-state index in [1.54, 1.807) is 18.2 Å². The molecule has 15 heavy (non-hydrogen) atoms. The Morgan fingerprint density at radius 1 is 1.40 bits per heavy atom. The first-order valence-electron chi connectivity index (χ1n) is 4.59. The molecule has 0 aromatic rings. The van der Waals surface area contributed by atoms with Crippen molar-refractivity contribution >= 4 is 5.97 Å². The van der Waals surface area contributed by atoms with Crippen molar-refractivity contribution in [2.24, 2.45) is 0 Å². The highest BCUT2D eigenvalue weighted by Gasteiger charge is 1.90. The van der Waals surface area contributed by atoms with E-state index in [2.05, 4.69) is 4.74 Å². The summed E-state index contributed by atoms with van der Waals surface area (Å²) >= 11 is 0. The Kier molecular flexibility index (Phi) is 8.33. The Labute approximate surface area is 89.2 Å². The third kappa shape index (κ3) is 8.93. The van der Waals surface area contributed by atoms with Crippen LogP contribution in [0.15, 0.2) is 36.5 Å². The average molecular weight is 212 g/mol. The third-order valence-corrected chi connectivity index (χ3v) is 1.48. The molecule has 0 saturated carbocycles. The zero-order valence-electron chi connectivity index (χ0n) is 8.67. The third-order valence-electron chi connectivity index (χ3n) is 1.48. The van der Waals surface area contributed by atoms with E-state index in [0.717, 1.165) is 0 Å². The van der Waals surface area contributed by atoms with Gasteiger partial charge in [-0.15, -0.1) is 0 Å². The molecule has 0 fully saturated rings. The van der Waals surface area contributed by atoms with Gasteiger partial charge in [0.05, 0.1) is 13.2 Å². The summed E-state index contributed by atoms with van der Waals surface area (Å²) in [5, 5.41) is 17.8. The molecule has 84 valence electrons. The van der Waals surface area contributed by atoms with Crippen molar-refractivity contribution in [1.82, 2.24) is 0 Å². The topological polar surface area (TPSA) is 66.8 Å². The maximum Gasteiger partial charge on any atom is 0.330 e. The molecule has 0 aliphatic rings. The Bertz CT molecular complexity index is 253. The number of rotatable bonds is 6. The predicted octanol–water partition coefficient (Wildman–Crippen LogP) is 0.571. The minimum atomic E-state index is -0.709. The van der Waals surface area contributed by atoms with Crippen LogP contribution in [-0.2, 0) is 9.53 Å². The average Bonchev–Trinajstić information content (AvgIpc) is 2.24. The molecule has 0 amide bonds. The number of allylic oxidation sites excluding steroid dienone is 2. The van der Waals surface area contributed by atoms with Crippen molar-refractivity contribution in [2.45, 2.75) is 12.5 Å². The number of aliphatic hydroxyl groups excluding tert-OH is 2. The van der Waals surface area contributed by atoms with Crippen molar-refractivity contribution in [3.8, 4) is 0 Å². The van der Waals surface area contributed by atoms with E-state index in [0.29, 0.717) is 6.42 Å². The number of methoxy groups -OCH3 is 1. The Balaban J connectivity index is 3.85. The highest BCUT2D eigenvalue weighted by atomic mass is 16.5. The van der Waals surface area contributed by atoms with Crippen LogP contribution >= 0.6 is 0 Å². The summed E-state index contributed by atoms with van der Waals surface area (Å²) in [4.78, 5) is 10.6. The van der Waals surface area contributed by atoms with Gasteiger partial charge in [-0.2, -0.15) is 0 Å². The number of aliphatic hydroxyl groups is 2. The molecule has 0 saturated heterocycles. The second-order valence-corrected chi connectivity index (χ2v) is 2.70. The van der Waals surface area contributed by atoms with Crippen LogP contribution in [0.4, 0.5) is 0 Å². The minimum Gasteiger partial charge on any atom is -0.466 e. The fraction of sp³-hybridized carbons (Fsp3) is 0.364. The fourth-order valence-electron chi connectivity index (χ4n) is 0.754. The number of ether oxygens (including phenoxy) is 1. The van der Waals surface area contributed by atoms with Gasteiger partial charge in [0.1, 0.15) is 0 Å². The summed E-state index contributed by atoms with van der Waals surface area (Å²) < 4.78 is 4.37. The van der Waals surface area contributed by atoms with Crippen LogP contribution in [0, 0.1) is 0 Å². The molecule has 2 N–H and O–H groups in total. The molecule has 0 aromatic heterocycles. The fourth-order valence-corrected chi connectivity index (χ4v) is 0.754. The van der Waals surface area contributed by atoms with Gasteiger partial charge in [0.2, 0.25) is 0 Å². The van der Waals surface area contributed by atoms with Crippen LogP contribution < -0.4 is 0 Å². The lowest BCUT2D eigenvalue weighted by Crippen LogP contribution is -1.96. The summed E-state index contributed by atoms with van der Waals surface area (Å²) in [6.45, 7) is 0.0647. The Morgan fingerprint density at radius 2 is 2.13 bits per heavy atom. The molecule has 0 rings (SSSR count). The highest BCUT2D eigenvalue weighted by Crippen LogP contribution is 1.92. The monoisotopic (exact) mass is 212 g/mol. The number of carbonyl (C=O) groups is 1. The van der Waals surface area contributed by atoms with E-state index in [1.165, 1.54) is 25.3 Å². The number of carbonyl (C=O) groups excluding carboxylic acids is 1. The maximum absolute atomic E-state index is 10.6. The molecule has 0 radical (unpaired) electrons. The second-order valence-electron chi connectivity index (χ2n) is 2.70. The van der Waals surface area contributed by atoms with E-state index in [4.69, 9.17) is 5.11 Å². The smallest absolute Gasteiger partial charge is 0.330 e. The molecule has 0 aliphatic heterocycles. The van der Waals surface area contributed by atoms with E-state index < -0.39 is 12.1 Å². The van der Waals surface area contributed by atoms with Gasteiger partial charge >= 0.3 is 5.97 Å². The Hall–Kier alpha value is -1.39. The van der Waals surface area contributed by atoms with E-state index in [1.807, 2.05) is 0 Å². The molecule has 0 aromatic carbocycles. The summed E-state index contributed by atoms with van der Waals surface area (Å²) in [5.74, 6) is -0.440. The van der Waals surface area contributed by atoms with Gasteiger partial charge in [-0.3, -0.25) is 0 Å². The maximum atomic E-state index is 10.6.